The van der Waals surface area contributed by atoms with Crippen LogP contribution in [0.15, 0.2) is 0 Å². The van der Waals surface area contributed by atoms with E-state index in [9.17, 15) is 0 Å². The predicted molar refractivity (Wildman–Crippen MR) is 85.1 cm³/mol. The first-order chi connectivity index (χ1) is 9.44. The van der Waals surface area contributed by atoms with Gasteiger partial charge in [0.15, 0.2) is 0 Å². The van der Waals surface area contributed by atoms with Crippen molar-refractivity contribution >= 4 is 0 Å². The molecule has 3 nitrogen and oxygen atoms in total. The second-order valence-electron chi connectivity index (χ2n) is 8.01. The molecular formula is C17H34N2O. The van der Waals surface area contributed by atoms with Crippen LogP contribution < -0.4 is 5.32 Å². The lowest BCUT2D eigenvalue weighted by atomic mass is 9.84. The number of hydrogen-bond donors (Lipinski definition) is 1. The SMILES string of the molecule is COCCN(CC1(CNC(C)(C)C)CCCC1)C1CC1. The molecule has 0 saturated heterocycles. The van der Waals surface area contributed by atoms with Crippen LogP contribution >= 0.6 is 0 Å². The maximum Gasteiger partial charge on any atom is 0.0589 e. The molecule has 3 heteroatoms. The Hall–Kier alpha value is -0.120. The Kier molecular flexibility index (Phi) is 5.49. The van der Waals surface area contributed by atoms with Gasteiger partial charge in [0.2, 0.25) is 0 Å². The summed E-state index contributed by atoms with van der Waals surface area (Å²) in [5.41, 5.74) is 0.732. The van der Waals surface area contributed by atoms with Gasteiger partial charge in [-0.05, 0) is 51.9 Å². The van der Waals surface area contributed by atoms with Gasteiger partial charge in [-0.15, -0.1) is 0 Å². The van der Waals surface area contributed by atoms with E-state index in [2.05, 4.69) is 31.0 Å². The summed E-state index contributed by atoms with van der Waals surface area (Å²) in [4.78, 5) is 2.71. The average Bonchev–Trinajstić information content (AvgIpc) is 3.12. The highest BCUT2D eigenvalue weighted by molar-refractivity contribution is 4.95. The highest BCUT2D eigenvalue weighted by atomic mass is 16.5. The summed E-state index contributed by atoms with van der Waals surface area (Å²) in [6.07, 6.45) is 8.40. The minimum atomic E-state index is 0.229. The van der Waals surface area contributed by atoms with Crippen LogP contribution in [0.5, 0.6) is 0 Å². The van der Waals surface area contributed by atoms with Crippen molar-refractivity contribution in [1.29, 1.82) is 0 Å². The van der Waals surface area contributed by atoms with E-state index in [1.54, 1.807) is 0 Å². The molecule has 2 saturated carbocycles. The first-order valence-electron chi connectivity index (χ1n) is 8.42. The third kappa shape index (κ3) is 5.01. The van der Waals surface area contributed by atoms with Crippen LogP contribution in [-0.2, 0) is 4.74 Å². The fourth-order valence-electron chi connectivity index (χ4n) is 3.44. The van der Waals surface area contributed by atoms with Crippen molar-refractivity contribution < 1.29 is 4.74 Å². The van der Waals surface area contributed by atoms with E-state index in [1.165, 1.54) is 51.6 Å². The van der Waals surface area contributed by atoms with Gasteiger partial charge in [-0.3, -0.25) is 4.90 Å². The second-order valence-corrected chi connectivity index (χ2v) is 8.01. The van der Waals surface area contributed by atoms with Gasteiger partial charge in [-0.1, -0.05) is 12.8 Å². The van der Waals surface area contributed by atoms with Gasteiger partial charge >= 0.3 is 0 Å². The molecule has 2 aliphatic rings. The first-order valence-corrected chi connectivity index (χ1v) is 8.42. The average molecular weight is 282 g/mol. The van der Waals surface area contributed by atoms with Crippen molar-refractivity contribution in [2.45, 2.75) is 70.9 Å². The standard InChI is InChI=1S/C17H34N2O/c1-16(2,3)18-13-17(9-5-6-10-17)14-19(11-12-20-4)15-7-8-15/h15,18H,5-14H2,1-4H3. The zero-order chi connectivity index (χ0) is 14.6. The number of methoxy groups -OCH3 is 1. The van der Waals surface area contributed by atoms with Crippen LogP contribution in [0.2, 0.25) is 0 Å². The van der Waals surface area contributed by atoms with Crippen molar-refractivity contribution in [2.24, 2.45) is 5.41 Å². The molecule has 2 rings (SSSR count). The lowest BCUT2D eigenvalue weighted by Crippen LogP contribution is -2.48. The monoisotopic (exact) mass is 282 g/mol. The van der Waals surface area contributed by atoms with Gasteiger partial charge in [-0.2, -0.15) is 0 Å². The maximum atomic E-state index is 5.30. The lowest BCUT2D eigenvalue weighted by molar-refractivity contribution is 0.0963. The summed E-state index contributed by atoms with van der Waals surface area (Å²) < 4.78 is 5.30. The third-order valence-corrected chi connectivity index (χ3v) is 4.84. The molecule has 0 aliphatic heterocycles. The smallest absolute Gasteiger partial charge is 0.0589 e. The fourth-order valence-corrected chi connectivity index (χ4v) is 3.44. The second kappa shape index (κ2) is 6.76. The van der Waals surface area contributed by atoms with Gasteiger partial charge in [0.1, 0.15) is 0 Å². The molecule has 2 fully saturated rings. The zero-order valence-corrected chi connectivity index (χ0v) is 14.0. The summed E-state index contributed by atoms with van der Waals surface area (Å²) in [5, 5.41) is 3.77. The largest absolute Gasteiger partial charge is 0.383 e. The van der Waals surface area contributed by atoms with Crippen LogP contribution in [-0.4, -0.2) is 49.8 Å². The Bertz CT molecular complexity index is 288. The number of hydrogen-bond acceptors (Lipinski definition) is 3. The molecular weight excluding hydrogens is 248 g/mol. The van der Waals surface area contributed by atoms with Crippen molar-refractivity contribution in [3.63, 3.8) is 0 Å². The molecule has 0 radical (unpaired) electrons. The van der Waals surface area contributed by atoms with E-state index in [1.807, 2.05) is 7.11 Å². The highest BCUT2D eigenvalue weighted by Crippen LogP contribution is 2.40. The fraction of sp³-hybridized carbons (Fsp3) is 1.00. The van der Waals surface area contributed by atoms with E-state index in [4.69, 9.17) is 4.74 Å². The molecule has 1 N–H and O–H groups in total. The van der Waals surface area contributed by atoms with E-state index in [0.717, 1.165) is 19.2 Å². The molecule has 0 aromatic heterocycles. The van der Waals surface area contributed by atoms with Crippen LogP contribution in [0, 0.1) is 5.41 Å². The Balaban J connectivity index is 1.92. The molecule has 0 spiro atoms. The number of nitrogens with one attached hydrogen (secondary N) is 1. The zero-order valence-electron chi connectivity index (χ0n) is 14.0. The third-order valence-electron chi connectivity index (χ3n) is 4.84. The maximum absolute atomic E-state index is 5.30. The van der Waals surface area contributed by atoms with Gasteiger partial charge in [0, 0.05) is 38.3 Å². The number of rotatable bonds is 8. The lowest BCUT2D eigenvalue weighted by Gasteiger charge is -2.38. The molecule has 0 aromatic rings. The first kappa shape index (κ1) is 16.3. The normalized spacial score (nSPS) is 22.6. The van der Waals surface area contributed by atoms with E-state index in [0.29, 0.717) is 5.41 Å². The van der Waals surface area contributed by atoms with Crippen molar-refractivity contribution in [1.82, 2.24) is 10.2 Å². The van der Waals surface area contributed by atoms with Gasteiger partial charge in [-0.25, -0.2) is 0 Å². The Morgan fingerprint density at radius 1 is 1.20 bits per heavy atom. The number of nitrogens with zero attached hydrogens (tertiary/aromatic N) is 1. The van der Waals surface area contributed by atoms with E-state index >= 15 is 0 Å². The molecule has 0 atom stereocenters. The Morgan fingerprint density at radius 3 is 2.35 bits per heavy atom. The van der Waals surface area contributed by atoms with Crippen molar-refractivity contribution in [3.8, 4) is 0 Å². The minimum absolute atomic E-state index is 0.229. The van der Waals surface area contributed by atoms with E-state index in [-0.39, 0.29) is 5.54 Å². The summed E-state index contributed by atoms with van der Waals surface area (Å²) in [6, 6.07) is 0.845. The molecule has 0 heterocycles. The summed E-state index contributed by atoms with van der Waals surface area (Å²) in [6.45, 7) is 11.3. The van der Waals surface area contributed by atoms with Crippen LogP contribution in [0.25, 0.3) is 0 Å². The summed E-state index contributed by atoms with van der Waals surface area (Å²) in [5.74, 6) is 0. The Labute approximate surface area is 125 Å². The molecule has 2 aliphatic carbocycles. The molecule has 0 unspecified atom stereocenters. The quantitative estimate of drug-likeness (QED) is 0.740. The molecule has 20 heavy (non-hydrogen) atoms. The summed E-state index contributed by atoms with van der Waals surface area (Å²) >= 11 is 0. The summed E-state index contributed by atoms with van der Waals surface area (Å²) in [7, 11) is 1.82. The topological polar surface area (TPSA) is 24.5 Å². The van der Waals surface area contributed by atoms with Crippen molar-refractivity contribution in [2.75, 3.05) is 33.4 Å². The molecule has 0 aromatic carbocycles. The van der Waals surface area contributed by atoms with Crippen LogP contribution in [0.1, 0.15) is 59.3 Å². The van der Waals surface area contributed by atoms with Crippen molar-refractivity contribution in [3.05, 3.63) is 0 Å². The highest BCUT2D eigenvalue weighted by Gasteiger charge is 2.39. The van der Waals surface area contributed by atoms with Crippen LogP contribution in [0.3, 0.4) is 0 Å². The van der Waals surface area contributed by atoms with E-state index < -0.39 is 0 Å². The minimum Gasteiger partial charge on any atom is -0.383 e. The predicted octanol–water partition coefficient (Wildman–Crippen LogP) is 3.05. The van der Waals surface area contributed by atoms with Gasteiger partial charge in [0.25, 0.3) is 0 Å². The molecule has 0 bridgehead atoms. The number of ether oxygens (including phenoxy) is 1. The van der Waals surface area contributed by atoms with Gasteiger partial charge < -0.3 is 10.1 Å². The molecule has 0 amide bonds. The van der Waals surface area contributed by atoms with Crippen LogP contribution in [0.4, 0.5) is 0 Å². The molecule has 118 valence electrons. The Morgan fingerprint density at radius 2 is 1.85 bits per heavy atom. The van der Waals surface area contributed by atoms with Gasteiger partial charge in [0.05, 0.1) is 6.61 Å².